The first-order chi connectivity index (χ1) is 9.52. The second-order valence-corrected chi connectivity index (χ2v) is 5.20. The van der Waals surface area contributed by atoms with E-state index < -0.39 is 0 Å². The maximum absolute atomic E-state index is 13.3. The van der Waals surface area contributed by atoms with Crippen LogP contribution in [-0.2, 0) is 6.54 Å². The number of rotatable bonds is 6. The van der Waals surface area contributed by atoms with Crippen molar-refractivity contribution < 1.29 is 4.39 Å². The summed E-state index contributed by atoms with van der Waals surface area (Å²) in [4.78, 5) is 4.40. The Hall–Kier alpha value is -1.41. The average Bonchev–Trinajstić information content (AvgIpc) is 2.38. The van der Waals surface area contributed by atoms with E-state index in [1.54, 1.807) is 6.07 Å². The minimum atomic E-state index is -0.259. The summed E-state index contributed by atoms with van der Waals surface area (Å²) in [6.45, 7) is 3.11. The SMILES string of the molecule is CN(C)CCCN(C)Cc1ccc(F)cc1C#CCN. The molecule has 1 rings (SSSR count). The molecule has 20 heavy (non-hydrogen) atoms. The zero-order valence-electron chi connectivity index (χ0n) is 12.6. The zero-order chi connectivity index (χ0) is 15.0. The van der Waals surface area contributed by atoms with Gasteiger partial charge in [0.2, 0.25) is 0 Å². The van der Waals surface area contributed by atoms with Gasteiger partial charge in [-0.25, -0.2) is 4.39 Å². The van der Waals surface area contributed by atoms with Gasteiger partial charge in [0.1, 0.15) is 5.82 Å². The lowest BCUT2D eigenvalue weighted by atomic mass is 10.1. The molecule has 0 aliphatic carbocycles. The van der Waals surface area contributed by atoms with Gasteiger partial charge in [0.05, 0.1) is 6.54 Å². The molecule has 0 fully saturated rings. The van der Waals surface area contributed by atoms with Crippen molar-refractivity contribution in [2.75, 3.05) is 40.8 Å². The molecule has 0 aromatic heterocycles. The third kappa shape index (κ3) is 6.16. The molecule has 0 bridgehead atoms. The van der Waals surface area contributed by atoms with Crippen molar-refractivity contribution in [2.45, 2.75) is 13.0 Å². The van der Waals surface area contributed by atoms with Crippen molar-refractivity contribution in [1.82, 2.24) is 9.80 Å². The van der Waals surface area contributed by atoms with Crippen LogP contribution in [0.4, 0.5) is 4.39 Å². The van der Waals surface area contributed by atoms with E-state index in [9.17, 15) is 4.39 Å². The van der Waals surface area contributed by atoms with E-state index >= 15 is 0 Å². The van der Waals surface area contributed by atoms with Gasteiger partial charge in [-0.3, -0.25) is 0 Å². The number of hydrogen-bond donors (Lipinski definition) is 1. The van der Waals surface area contributed by atoms with Crippen LogP contribution in [0.15, 0.2) is 18.2 Å². The molecule has 0 aliphatic rings. The van der Waals surface area contributed by atoms with Gasteiger partial charge in [-0.15, -0.1) is 0 Å². The molecule has 0 spiro atoms. The van der Waals surface area contributed by atoms with Gasteiger partial charge in [0.15, 0.2) is 0 Å². The zero-order valence-corrected chi connectivity index (χ0v) is 12.6. The summed E-state index contributed by atoms with van der Waals surface area (Å²) in [6.07, 6.45) is 1.11. The van der Waals surface area contributed by atoms with Crippen molar-refractivity contribution in [3.05, 3.63) is 35.1 Å². The third-order valence-electron chi connectivity index (χ3n) is 2.98. The van der Waals surface area contributed by atoms with Crippen molar-refractivity contribution in [3.63, 3.8) is 0 Å². The van der Waals surface area contributed by atoms with E-state index in [4.69, 9.17) is 5.73 Å². The fourth-order valence-electron chi connectivity index (χ4n) is 1.98. The van der Waals surface area contributed by atoms with Gasteiger partial charge >= 0.3 is 0 Å². The summed E-state index contributed by atoms with van der Waals surface area (Å²) >= 11 is 0. The first-order valence-electron chi connectivity index (χ1n) is 6.83. The summed E-state index contributed by atoms with van der Waals surface area (Å²) in [6, 6.07) is 4.76. The Morgan fingerprint density at radius 1 is 1.20 bits per heavy atom. The van der Waals surface area contributed by atoms with Crippen molar-refractivity contribution in [3.8, 4) is 11.8 Å². The minimum absolute atomic E-state index is 0.259. The van der Waals surface area contributed by atoms with E-state index in [1.807, 2.05) is 0 Å². The Morgan fingerprint density at radius 2 is 1.95 bits per heavy atom. The highest BCUT2D eigenvalue weighted by Gasteiger charge is 2.06. The smallest absolute Gasteiger partial charge is 0.124 e. The molecular formula is C16H24FN3. The number of nitrogens with two attached hydrogens (primary N) is 1. The normalized spacial score (nSPS) is 10.8. The summed E-state index contributed by atoms with van der Waals surface area (Å²) < 4.78 is 13.3. The predicted molar refractivity (Wildman–Crippen MR) is 81.8 cm³/mol. The van der Waals surface area contributed by atoms with Gasteiger partial charge in [-0.05, 0) is 58.3 Å². The highest BCUT2D eigenvalue weighted by Crippen LogP contribution is 2.12. The highest BCUT2D eigenvalue weighted by molar-refractivity contribution is 5.41. The minimum Gasteiger partial charge on any atom is -0.320 e. The number of nitrogens with zero attached hydrogens (tertiary/aromatic N) is 2. The van der Waals surface area contributed by atoms with Gasteiger partial charge in [-0.2, -0.15) is 0 Å². The van der Waals surface area contributed by atoms with Crippen molar-refractivity contribution in [2.24, 2.45) is 5.73 Å². The molecule has 2 N–H and O–H groups in total. The summed E-state index contributed by atoms with van der Waals surface area (Å²) in [5.41, 5.74) is 7.15. The lowest BCUT2D eigenvalue weighted by Crippen LogP contribution is -2.23. The Morgan fingerprint density at radius 3 is 2.60 bits per heavy atom. The van der Waals surface area contributed by atoms with Crippen LogP contribution >= 0.6 is 0 Å². The number of halogens is 1. The standard InChI is InChI=1S/C16H24FN3/c1-19(2)10-5-11-20(3)13-15-7-8-16(17)12-14(15)6-4-9-18/h7-8,12H,5,9-11,13,18H2,1-3H3. The van der Waals surface area contributed by atoms with Crippen LogP contribution in [0, 0.1) is 17.7 Å². The molecule has 0 saturated heterocycles. The fourth-order valence-corrected chi connectivity index (χ4v) is 1.98. The molecule has 1 aromatic carbocycles. The van der Waals surface area contributed by atoms with Crippen LogP contribution in [0.5, 0.6) is 0 Å². The van der Waals surface area contributed by atoms with Crippen LogP contribution in [0.1, 0.15) is 17.5 Å². The predicted octanol–water partition coefficient (Wildman–Crippen LogP) is 1.52. The Labute approximate surface area is 121 Å². The molecule has 0 atom stereocenters. The molecule has 1 aromatic rings. The Balaban J connectivity index is 2.66. The molecule has 0 heterocycles. The maximum atomic E-state index is 13.3. The van der Waals surface area contributed by atoms with Crippen molar-refractivity contribution in [1.29, 1.82) is 0 Å². The molecule has 3 nitrogen and oxygen atoms in total. The lowest BCUT2D eigenvalue weighted by molar-refractivity contribution is 0.294. The van der Waals surface area contributed by atoms with Crippen LogP contribution in [0.2, 0.25) is 0 Å². The van der Waals surface area contributed by atoms with Crippen LogP contribution in [0.3, 0.4) is 0 Å². The first kappa shape index (κ1) is 16.6. The average molecular weight is 277 g/mol. The summed E-state index contributed by atoms with van der Waals surface area (Å²) in [7, 11) is 6.21. The van der Waals surface area contributed by atoms with Gasteiger partial charge in [-0.1, -0.05) is 17.9 Å². The van der Waals surface area contributed by atoms with E-state index in [0.717, 1.165) is 37.2 Å². The van der Waals surface area contributed by atoms with Gasteiger partial charge in [0.25, 0.3) is 0 Å². The number of benzene rings is 1. The Kier molecular flexibility index (Phi) is 7.24. The quantitative estimate of drug-likeness (QED) is 0.800. The van der Waals surface area contributed by atoms with E-state index in [1.165, 1.54) is 12.1 Å². The highest BCUT2D eigenvalue weighted by atomic mass is 19.1. The number of hydrogen-bond acceptors (Lipinski definition) is 3. The molecular weight excluding hydrogens is 253 g/mol. The molecule has 0 radical (unpaired) electrons. The van der Waals surface area contributed by atoms with E-state index in [0.29, 0.717) is 0 Å². The van der Waals surface area contributed by atoms with E-state index in [2.05, 4.69) is 42.8 Å². The molecule has 0 aliphatic heterocycles. The molecule has 110 valence electrons. The fraction of sp³-hybridized carbons (Fsp3) is 0.500. The maximum Gasteiger partial charge on any atom is 0.124 e. The summed E-state index contributed by atoms with van der Waals surface area (Å²) in [5, 5.41) is 0. The third-order valence-corrected chi connectivity index (χ3v) is 2.98. The van der Waals surface area contributed by atoms with Gasteiger partial charge < -0.3 is 15.5 Å². The first-order valence-corrected chi connectivity index (χ1v) is 6.83. The van der Waals surface area contributed by atoms with E-state index in [-0.39, 0.29) is 12.4 Å². The molecule has 4 heteroatoms. The molecule has 0 unspecified atom stereocenters. The topological polar surface area (TPSA) is 32.5 Å². The largest absolute Gasteiger partial charge is 0.320 e. The van der Waals surface area contributed by atoms with Gasteiger partial charge in [0, 0.05) is 12.1 Å². The Bertz CT molecular complexity index is 474. The molecule has 0 saturated carbocycles. The van der Waals surface area contributed by atoms with Crippen LogP contribution in [0.25, 0.3) is 0 Å². The second-order valence-electron chi connectivity index (χ2n) is 5.20. The monoisotopic (exact) mass is 277 g/mol. The van der Waals surface area contributed by atoms with Crippen molar-refractivity contribution >= 4 is 0 Å². The lowest BCUT2D eigenvalue weighted by Gasteiger charge is -2.19. The molecule has 0 amide bonds. The van der Waals surface area contributed by atoms with Crippen LogP contribution in [-0.4, -0.2) is 50.6 Å². The van der Waals surface area contributed by atoms with Crippen LogP contribution < -0.4 is 5.73 Å². The summed E-state index contributed by atoms with van der Waals surface area (Å²) in [5.74, 6) is 5.47. The second kappa shape index (κ2) is 8.70.